The van der Waals surface area contributed by atoms with Gasteiger partial charge in [-0.3, -0.25) is 18.7 Å². The first kappa shape index (κ1) is 44.2. The number of carbonyl (C=O) groups is 2. The standard InChI is InChI=1S/C20H16BrCl2N3O.C19H13BrCl2IN3O.2CH4/c1-12-11-24-19-25(17-8-15(22)7-16(23)9-17)18(27)20(2,26(12)19)10-13-3-5-14(21)6-4-13;1-19(9-11-2-4-12(20)5-3-11)17(27)25(18-24-10-16(23)26(18)19)15-7-13(21)6-14(22)8-15;;/h3-9,11H,10H2,1-2H3;2-8,10H,9H2,1H3;2*1H4. The lowest BCUT2D eigenvalue weighted by Gasteiger charge is -2.26. The van der Waals surface area contributed by atoms with Crippen LogP contribution < -0.4 is 9.80 Å². The first-order valence-corrected chi connectivity index (χ1v) is 20.7. The van der Waals surface area contributed by atoms with Crippen molar-refractivity contribution in [3.63, 3.8) is 0 Å². The highest BCUT2D eigenvalue weighted by atomic mass is 127. The summed E-state index contributed by atoms with van der Waals surface area (Å²) in [6, 6.07) is 26.2. The number of rotatable bonds is 6. The van der Waals surface area contributed by atoms with Crippen LogP contribution in [0.25, 0.3) is 0 Å². The van der Waals surface area contributed by atoms with E-state index in [1.54, 1.807) is 58.6 Å². The van der Waals surface area contributed by atoms with Crippen molar-refractivity contribution >= 4 is 136 Å². The first-order valence-electron chi connectivity index (χ1n) is 16.5. The Morgan fingerprint density at radius 1 is 0.607 bits per heavy atom. The molecule has 0 bridgehead atoms. The van der Waals surface area contributed by atoms with Gasteiger partial charge in [-0.25, -0.2) is 19.8 Å². The van der Waals surface area contributed by atoms with E-state index in [0.717, 1.165) is 29.5 Å². The van der Waals surface area contributed by atoms with Gasteiger partial charge < -0.3 is 0 Å². The normalized spacial score (nSPS) is 18.2. The van der Waals surface area contributed by atoms with Crippen molar-refractivity contribution in [3.05, 3.63) is 147 Å². The number of benzene rings is 4. The quantitative estimate of drug-likeness (QED) is 0.156. The summed E-state index contributed by atoms with van der Waals surface area (Å²) in [6.07, 6.45) is 4.64. The van der Waals surface area contributed by atoms with Gasteiger partial charge in [-0.2, -0.15) is 0 Å². The molecule has 0 saturated heterocycles. The summed E-state index contributed by atoms with van der Waals surface area (Å²) in [5, 5.41) is 1.89. The Hall–Kier alpha value is -2.91. The Morgan fingerprint density at radius 2 is 0.964 bits per heavy atom. The van der Waals surface area contributed by atoms with Gasteiger partial charge in [-0.05, 0) is 115 Å². The molecule has 2 aliphatic rings. The summed E-state index contributed by atoms with van der Waals surface area (Å²) in [5.74, 6) is 1.03. The number of halogens is 7. The number of amides is 2. The predicted molar refractivity (Wildman–Crippen MR) is 246 cm³/mol. The topological polar surface area (TPSA) is 76.3 Å². The molecule has 8 rings (SSSR count). The molecule has 56 heavy (non-hydrogen) atoms. The summed E-state index contributed by atoms with van der Waals surface area (Å²) < 4.78 is 6.87. The van der Waals surface area contributed by atoms with Gasteiger partial charge in [0.05, 0.1) is 23.8 Å². The number of aromatic nitrogens is 4. The van der Waals surface area contributed by atoms with Crippen LogP contribution >= 0.6 is 101 Å². The van der Waals surface area contributed by atoms with Crippen molar-refractivity contribution in [1.29, 1.82) is 0 Å². The number of imidazole rings is 2. The summed E-state index contributed by atoms with van der Waals surface area (Å²) >= 11 is 33.8. The summed E-state index contributed by atoms with van der Waals surface area (Å²) in [5.41, 5.74) is 2.69. The highest BCUT2D eigenvalue weighted by Gasteiger charge is 2.51. The van der Waals surface area contributed by atoms with Crippen LogP contribution in [0, 0.1) is 10.6 Å². The molecule has 2 atom stereocenters. The molecule has 0 fully saturated rings. The van der Waals surface area contributed by atoms with Gasteiger partial charge in [-0.15, -0.1) is 0 Å². The molecule has 2 unspecified atom stereocenters. The Kier molecular flexibility index (Phi) is 13.5. The van der Waals surface area contributed by atoms with Crippen LogP contribution in [0.4, 0.5) is 23.3 Å². The molecule has 2 aliphatic heterocycles. The van der Waals surface area contributed by atoms with E-state index in [2.05, 4.69) is 64.4 Å². The number of fused-ring (bicyclic) bond motifs is 2. The minimum Gasteiger partial charge on any atom is -0.299 e. The van der Waals surface area contributed by atoms with E-state index >= 15 is 0 Å². The average molecular weight is 1070 g/mol. The zero-order chi connectivity index (χ0) is 38.7. The van der Waals surface area contributed by atoms with E-state index in [9.17, 15) is 9.59 Å². The van der Waals surface area contributed by atoms with Gasteiger partial charge in [0.2, 0.25) is 11.9 Å². The zero-order valence-electron chi connectivity index (χ0n) is 28.8. The van der Waals surface area contributed by atoms with Crippen molar-refractivity contribution in [2.45, 2.75) is 59.5 Å². The van der Waals surface area contributed by atoms with Gasteiger partial charge in [-0.1, -0.05) is 117 Å². The highest BCUT2D eigenvalue weighted by Crippen LogP contribution is 2.45. The van der Waals surface area contributed by atoms with Gasteiger partial charge in [0.25, 0.3) is 11.8 Å². The lowest BCUT2D eigenvalue weighted by Crippen LogP contribution is -2.41. The monoisotopic (exact) mass is 1070 g/mol. The highest BCUT2D eigenvalue weighted by molar-refractivity contribution is 14.1. The second kappa shape index (κ2) is 17.1. The van der Waals surface area contributed by atoms with Gasteiger partial charge >= 0.3 is 0 Å². The van der Waals surface area contributed by atoms with Crippen LogP contribution in [0.1, 0.15) is 45.5 Å². The summed E-state index contributed by atoms with van der Waals surface area (Å²) in [7, 11) is 0. The summed E-state index contributed by atoms with van der Waals surface area (Å²) in [4.78, 5) is 39.3. The van der Waals surface area contributed by atoms with Crippen molar-refractivity contribution < 1.29 is 9.59 Å². The molecule has 8 nitrogen and oxygen atoms in total. The number of aryl methyl sites for hydroxylation is 1. The van der Waals surface area contributed by atoms with E-state index in [1.165, 1.54) is 0 Å². The average Bonchev–Trinajstić information content (AvgIpc) is 3.79. The van der Waals surface area contributed by atoms with Crippen molar-refractivity contribution in [2.75, 3.05) is 9.80 Å². The molecule has 292 valence electrons. The second-order valence-electron chi connectivity index (χ2n) is 13.4. The third kappa shape index (κ3) is 8.19. The van der Waals surface area contributed by atoms with Gasteiger partial charge in [0, 0.05) is 47.6 Å². The van der Waals surface area contributed by atoms with Crippen LogP contribution in [-0.2, 0) is 33.5 Å². The number of hydrogen-bond donors (Lipinski definition) is 0. The van der Waals surface area contributed by atoms with E-state index < -0.39 is 11.1 Å². The molecule has 0 N–H and O–H groups in total. The molecule has 0 spiro atoms. The van der Waals surface area contributed by atoms with E-state index in [1.807, 2.05) is 78.4 Å². The molecular formula is C41H37Br2Cl4IN6O2. The van der Waals surface area contributed by atoms with Crippen LogP contribution in [-0.4, -0.2) is 30.9 Å². The summed E-state index contributed by atoms with van der Waals surface area (Å²) in [6.45, 7) is 5.84. The first-order chi connectivity index (χ1) is 25.6. The Morgan fingerprint density at radius 3 is 1.38 bits per heavy atom. The molecule has 6 aromatic rings. The molecule has 2 aromatic heterocycles. The zero-order valence-corrected chi connectivity index (χ0v) is 37.2. The molecule has 0 radical (unpaired) electrons. The van der Waals surface area contributed by atoms with Crippen molar-refractivity contribution in [2.24, 2.45) is 0 Å². The van der Waals surface area contributed by atoms with Crippen LogP contribution in [0.3, 0.4) is 0 Å². The van der Waals surface area contributed by atoms with Crippen LogP contribution in [0.5, 0.6) is 0 Å². The Bertz CT molecular complexity index is 2230. The molecule has 0 saturated carbocycles. The molecule has 4 heterocycles. The van der Waals surface area contributed by atoms with E-state index in [0.29, 0.717) is 56.2 Å². The Labute approximate surface area is 377 Å². The molecule has 15 heteroatoms. The maximum Gasteiger partial charge on any atom is 0.260 e. The van der Waals surface area contributed by atoms with Crippen LogP contribution in [0.15, 0.2) is 106 Å². The fourth-order valence-corrected chi connectivity index (χ4v) is 9.54. The SMILES string of the molecule is C.C.CC1(Cc2ccc(Br)cc2)C(=O)N(c2cc(Cl)cc(Cl)c2)c2ncc(I)n21.Cc1cnc2n1C(C)(Cc1ccc(Br)cc1)C(=O)N2c1cc(Cl)cc(Cl)c1. The van der Waals surface area contributed by atoms with Gasteiger partial charge in [0.1, 0.15) is 14.8 Å². The fraction of sp³-hybridized carbons (Fsp3) is 0.220. The maximum atomic E-state index is 13.6. The molecular weight excluding hydrogens is 1040 g/mol. The minimum atomic E-state index is -0.801. The minimum absolute atomic E-state index is 0. The lowest BCUT2D eigenvalue weighted by molar-refractivity contribution is -0.124. The maximum absolute atomic E-state index is 13.6. The number of hydrogen-bond acceptors (Lipinski definition) is 4. The van der Waals surface area contributed by atoms with Crippen molar-refractivity contribution in [1.82, 2.24) is 19.1 Å². The smallest absolute Gasteiger partial charge is 0.260 e. The number of carbonyl (C=O) groups excluding carboxylic acids is 2. The predicted octanol–water partition coefficient (Wildman–Crippen LogP) is 13.4. The van der Waals surface area contributed by atoms with E-state index in [-0.39, 0.29) is 26.7 Å². The molecule has 2 amide bonds. The molecule has 4 aromatic carbocycles. The third-order valence-electron chi connectivity index (χ3n) is 9.47. The molecule has 0 aliphatic carbocycles. The van der Waals surface area contributed by atoms with E-state index in [4.69, 9.17) is 46.4 Å². The largest absolute Gasteiger partial charge is 0.299 e. The van der Waals surface area contributed by atoms with Crippen molar-refractivity contribution in [3.8, 4) is 0 Å². The van der Waals surface area contributed by atoms with Crippen LogP contribution in [0.2, 0.25) is 20.1 Å². The second-order valence-corrected chi connectivity index (χ2v) is 18.1. The lowest BCUT2D eigenvalue weighted by atomic mass is 9.91. The number of nitrogens with zero attached hydrogens (tertiary/aromatic N) is 6. The third-order valence-corrected chi connectivity index (χ3v) is 12.2. The van der Waals surface area contributed by atoms with Gasteiger partial charge in [0.15, 0.2) is 0 Å². The fourth-order valence-electron chi connectivity index (χ4n) is 7.09. The Balaban J connectivity index is 0.000000207. The number of anilines is 4.